The van der Waals surface area contributed by atoms with E-state index in [4.69, 9.17) is 19.9 Å². The number of thioether (sulfide) groups is 2. The summed E-state index contributed by atoms with van der Waals surface area (Å²) in [4.78, 5) is 188. The first kappa shape index (κ1) is 89.8. The summed E-state index contributed by atoms with van der Waals surface area (Å²) in [5.74, 6) is -10.4. The van der Waals surface area contributed by atoms with E-state index in [1.54, 1.807) is 88.4 Å². The number of allylic oxidation sites excluding steroid dienone is 1. The summed E-state index contributed by atoms with van der Waals surface area (Å²) in [7, 11) is 6.21. The third-order valence-corrected chi connectivity index (χ3v) is 22.7. The van der Waals surface area contributed by atoms with E-state index in [1.165, 1.54) is 54.8 Å². The van der Waals surface area contributed by atoms with Gasteiger partial charge in [0.1, 0.15) is 11.6 Å². The smallest absolute Gasteiger partial charge is 0.410 e. The number of aromatic nitrogens is 1. The van der Waals surface area contributed by atoms with Crippen LogP contribution in [0.2, 0.25) is 0 Å². The van der Waals surface area contributed by atoms with Crippen LogP contribution in [0.1, 0.15) is 152 Å². The first-order chi connectivity index (χ1) is 52.2. The highest BCUT2D eigenvalue weighted by Gasteiger charge is 2.45. The van der Waals surface area contributed by atoms with Crippen LogP contribution in [0.4, 0.5) is 21.0 Å². The maximum atomic E-state index is 15.0. The van der Waals surface area contributed by atoms with Crippen molar-refractivity contribution in [1.82, 2.24) is 35.6 Å². The van der Waals surface area contributed by atoms with E-state index in [0.717, 1.165) is 51.1 Å². The second-order valence-corrected chi connectivity index (χ2v) is 31.6. The molecule has 0 saturated carbocycles. The first-order valence-corrected chi connectivity index (χ1v) is 40.4. The van der Waals surface area contributed by atoms with E-state index in [0.29, 0.717) is 43.5 Å². The topological polar surface area (TPSA) is 370 Å². The lowest BCUT2D eigenvalue weighted by Crippen LogP contribution is -2.54. The highest BCUT2D eigenvalue weighted by Crippen LogP contribution is 2.35. The number of carbonyl (C=O) groups is 13. The van der Waals surface area contributed by atoms with Gasteiger partial charge >= 0.3 is 18.1 Å². The molecule has 3 heterocycles. The molecule has 0 bridgehead atoms. The molecule has 1 saturated heterocycles. The lowest BCUT2D eigenvalue weighted by Gasteiger charge is -2.41. The third-order valence-electron chi connectivity index (χ3n) is 20.3. The van der Waals surface area contributed by atoms with E-state index in [2.05, 4.69) is 26.3 Å². The van der Waals surface area contributed by atoms with Crippen molar-refractivity contribution in [3.05, 3.63) is 134 Å². The number of likely N-dealkylation sites (tertiary alicyclic amines) is 1. The number of carboxylic acids is 1. The maximum Gasteiger partial charge on any atom is 0.410 e. The molecule has 30 heteroatoms. The number of nitrogens with one attached hydrogen (secondary N) is 4. The Balaban J connectivity index is 1.09. The van der Waals surface area contributed by atoms with Gasteiger partial charge in [0.05, 0.1) is 70.3 Å². The van der Waals surface area contributed by atoms with Crippen molar-refractivity contribution in [2.75, 3.05) is 64.1 Å². The van der Waals surface area contributed by atoms with E-state index in [9.17, 15) is 62.6 Å². The Kier molecular flexibility index (Phi) is 35.0. The van der Waals surface area contributed by atoms with Gasteiger partial charge < -0.3 is 61.0 Å². The molecule has 7 N–H and O–H groups in total. The number of hydrogen-bond acceptors (Lipinski definition) is 20. The van der Waals surface area contributed by atoms with Crippen molar-refractivity contribution in [3.8, 4) is 0 Å². The van der Waals surface area contributed by atoms with E-state index in [1.807, 2.05) is 70.3 Å². The number of amides is 10. The Bertz CT molecular complexity index is 3970. The number of imide groups is 1. The molecule has 4 aromatic rings. The number of aliphatic carboxylic acids is 1. The average Bonchev–Trinajstić information content (AvgIpc) is 1.60. The number of thiazole rings is 1. The fraction of sp³-hybridized carbons (Fsp3) is 0.525. The molecule has 0 radical (unpaired) electrons. The second kappa shape index (κ2) is 42.9. The number of likely N-dealkylation sites (N-methyl/N-ethyl adjacent to an activating group) is 2. The standard InChI is InChI=1S/C80H108N10O17S3/c1-16-48(8)71(63(105-12)41-66(94)89-32-21-25-59(89)72(106-13)49(9)73(98)85-58(76-82-31-33-110-76)36-50-22-18-17-19-23-50)87(10)77(101)57(45(2)3)40-62(93)70(47(6)7)88(11)80(104)107-44-51-26-28-55(29-27-51)84-74(99)53(24-20-30-83-79(81)103)39-61(92)69(46(4)5)86-75(100)54-34-52(37-60(91)64(108-14)43-68(96)97)35-56(38-54)90-67(95)42-65(109-15)78(90)102/h17-19,22-23,26-29,31,33-35,38,42-43,45-49,53,57-59,63,69-72H,16,20-21,24-25,30,32,36-37,39-41,44H2,1-15H3,(H,84,99)(H,85,98)(H,86,100)(H,96,97)(H3,81,83,103)/b64-43+/t48-,49+,53+,57-,58-,59-,63+,69-,70-,71-,72+/m0/s1. The monoisotopic (exact) mass is 1580 g/mol. The number of urea groups is 1. The molecule has 3 aromatic carbocycles. The number of Topliss-reactive ketones (excluding diaryl/α,β-unsaturated/α-hetero) is 3. The van der Waals surface area contributed by atoms with Crippen molar-refractivity contribution in [2.24, 2.45) is 47.2 Å². The molecular formula is C80H108N10O17S3. The minimum atomic E-state index is -1.36. The summed E-state index contributed by atoms with van der Waals surface area (Å²) < 4.78 is 18.0. The Hall–Kier alpha value is -9.10. The van der Waals surface area contributed by atoms with Crippen LogP contribution < -0.4 is 31.9 Å². The predicted octanol–water partition coefficient (Wildman–Crippen LogP) is 9.97. The summed E-state index contributed by atoms with van der Waals surface area (Å²) in [6.07, 6.45) is 6.17. The second-order valence-electron chi connectivity index (χ2n) is 29.0. The number of methoxy groups -OCH3 is 2. The maximum absolute atomic E-state index is 15.0. The number of rotatable bonds is 43. The van der Waals surface area contributed by atoms with Gasteiger partial charge in [-0.3, -0.25) is 47.9 Å². The molecule has 10 amide bonds. The number of anilines is 2. The summed E-state index contributed by atoms with van der Waals surface area (Å²) >= 11 is 3.40. The zero-order valence-electron chi connectivity index (χ0n) is 65.5. The van der Waals surface area contributed by atoms with Crippen molar-refractivity contribution in [3.63, 3.8) is 0 Å². The van der Waals surface area contributed by atoms with Gasteiger partial charge in [-0.1, -0.05) is 111 Å². The molecule has 2 aliphatic rings. The van der Waals surface area contributed by atoms with Gasteiger partial charge in [-0.2, -0.15) is 0 Å². The number of carbonyl (C=O) groups excluding carboxylic acids is 12. The Morgan fingerprint density at radius 3 is 2.06 bits per heavy atom. The molecule has 1 aromatic heterocycles. The molecule has 1 fully saturated rings. The molecular weight excluding hydrogens is 1470 g/mol. The molecule has 110 heavy (non-hydrogen) atoms. The van der Waals surface area contributed by atoms with Crippen molar-refractivity contribution in [1.29, 1.82) is 0 Å². The summed E-state index contributed by atoms with van der Waals surface area (Å²) in [6, 6.07) is 15.8. The molecule has 27 nitrogen and oxygen atoms in total. The van der Waals surface area contributed by atoms with Gasteiger partial charge in [-0.05, 0) is 115 Å². The highest BCUT2D eigenvalue weighted by molar-refractivity contribution is 8.03. The summed E-state index contributed by atoms with van der Waals surface area (Å²) in [6.45, 7) is 16.7. The normalized spacial score (nSPS) is 16.5. The van der Waals surface area contributed by atoms with Crippen LogP contribution in [0.5, 0.6) is 0 Å². The van der Waals surface area contributed by atoms with Gasteiger partial charge in [0.15, 0.2) is 17.3 Å². The van der Waals surface area contributed by atoms with Crippen molar-refractivity contribution < 1.29 is 81.6 Å². The van der Waals surface area contributed by atoms with Gasteiger partial charge in [-0.25, -0.2) is 24.3 Å². The van der Waals surface area contributed by atoms with E-state index >= 15 is 4.79 Å². The van der Waals surface area contributed by atoms with Crippen LogP contribution in [-0.2, 0) is 81.6 Å². The van der Waals surface area contributed by atoms with E-state index < -0.39 is 132 Å². The number of hydrogen-bond donors (Lipinski definition) is 6. The SMILES string of the molecule is CC[C@H](C)[C@@H]([C@@H](CC(=O)N1CCC[C@H]1[C@H](OC)[C@@H](C)C(=O)N[C@@H](Cc1ccccc1)c1nccs1)OC)N(C)C(=O)[C@@H](CC(=O)[C@H](C(C)C)N(C)C(=O)OCc1ccc(NC(=O)[C@H](CCCNC(N)=O)CC(=O)[C@@H](NC(=O)c2cc(CC(=O)/C(=C\C(=O)O)SC)cc(N3C(=O)C=C(SC)C3=O)c2)C(C)C)cc1)C(C)C. The fourth-order valence-electron chi connectivity index (χ4n) is 14.2. The lowest BCUT2D eigenvalue weighted by molar-refractivity contribution is -0.149. The minimum absolute atomic E-state index is 0.0489. The predicted molar refractivity (Wildman–Crippen MR) is 423 cm³/mol. The molecule has 0 aliphatic carbocycles. The average molecular weight is 1580 g/mol. The molecule has 2 aliphatic heterocycles. The molecule has 11 atom stereocenters. The van der Waals surface area contributed by atoms with Crippen molar-refractivity contribution in [2.45, 2.75) is 176 Å². The summed E-state index contributed by atoms with van der Waals surface area (Å²) in [5.41, 5.74) is 7.14. The van der Waals surface area contributed by atoms with Crippen LogP contribution >= 0.6 is 34.9 Å². The largest absolute Gasteiger partial charge is 0.478 e. The van der Waals surface area contributed by atoms with Crippen LogP contribution in [-0.4, -0.2) is 192 Å². The van der Waals surface area contributed by atoms with Gasteiger partial charge in [-0.15, -0.1) is 34.9 Å². The molecule has 598 valence electrons. The number of carboxylic acid groups (broad SMARTS) is 1. The zero-order chi connectivity index (χ0) is 81.4. The van der Waals surface area contributed by atoms with Crippen LogP contribution in [0.3, 0.4) is 0 Å². The fourth-order valence-corrected chi connectivity index (χ4v) is 15.9. The Labute approximate surface area is 657 Å². The summed E-state index contributed by atoms with van der Waals surface area (Å²) in [5, 5.41) is 23.3. The quantitative estimate of drug-likeness (QED) is 0.0136. The van der Waals surface area contributed by atoms with E-state index in [-0.39, 0.29) is 107 Å². The number of nitrogens with two attached hydrogens (primary N) is 1. The first-order valence-electron chi connectivity index (χ1n) is 37.0. The molecule has 0 spiro atoms. The number of ketones is 3. The number of nitrogens with zero attached hydrogens (tertiary/aromatic N) is 5. The minimum Gasteiger partial charge on any atom is -0.478 e. The number of ether oxygens (including phenoxy) is 3. The zero-order valence-corrected chi connectivity index (χ0v) is 68.0. The van der Waals surface area contributed by atoms with Gasteiger partial charge in [0, 0.05) is 107 Å². The Morgan fingerprint density at radius 2 is 1.49 bits per heavy atom. The molecule has 6 rings (SSSR count). The number of primary amides is 1. The van der Waals surface area contributed by atoms with Crippen LogP contribution in [0.25, 0.3) is 0 Å². The van der Waals surface area contributed by atoms with Gasteiger partial charge in [0.2, 0.25) is 23.6 Å². The molecule has 0 unspecified atom stereocenters. The highest BCUT2D eigenvalue weighted by atomic mass is 32.2. The van der Waals surface area contributed by atoms with Crippen LogP contribution in [0.15, 0.2) is 106 Å². The van der Waals surface area contributed by atoms with Gasteiger partial charge in [0.25, 0.3) is 17.7 Å². The third kappa shape index (κ3) is 24.7. The Morgan fingerprint density at radius 1 is 0.800 bits per heavy atom. The number of benzene rings is 3. The van der Waals surface area contributed by atoms with Crippen LogP contribution in [0, 0.1) is 41.4 Å². The lowest BCUT2D eigenvalue weighted by atomic mass is 9.83. The van der Waals surface area contributed by atoms with Crippen molar-refractivity contribution >= 4 is 123 Å².